The number of nitrogens with one attached hydrogen (secondary N) is 2. The van der Waals surface area contributed by atoms with Gasteiger partial charge in [0.05, 0.1) is 19.1 Å². The van der Waals surface area contributed by atoms with Crippen LogP contribution in [0.1, 0.15) is 32.8 Å². The van der Waals surface area contributed by atoms with Crippen LogP contribution in [0.15, 0.2) is 18.2 Å². The Morgan fingerprint density at radius 3 is 2.82 bits per heavy atom. The van der Waals surface area contributed by atoms with Crippen LogP contribution in [0.4, 0.5) is 9.80 Å². The van der Waals surface area contributed by atoms with Gasteiger partial charge in [0, 0.05) is 4.88 Å². The van der Waals surface area contributed by atoms with Crippen LogP contribution < -0.4 is 20.1 Å². The molecule has 4 rings (SSSR count). The summed E-state index contributed by atoms with van der Waals surface area (Å²) in [6.45, 7) is 0.171. The van der Waals surface area contributed by atoms with Gasteiger partial charge in [-0.3, -0.25) is 14.9 Å². The molecule has 28 heavy (non-hydrogen) atoms. The number of amides is 3. The van der Waals surface area contributed by atoms with Crippen LogP contribution in [0.5, 0.6) is 11.5 Å². The Hall–Kier alpha value is -3.07. The standard InChI is InChI=1S/C19H18N2O6S/c1-25-19(24)21-17(23)16-11-3-2-4-14(11)28-18(16)20-15(22)8-10-5-6-12-13(7-10)27-9-26-12/h5-7H,2-4,8-9H2,1H3,(H,20,22)(H,21,23,24). The van der Waals surface area contributed by atoms with E-state index >= 15 is 0 Å². The van der Waals surface area contributed by atoms with Crippen molar-refractivity contribution in [3.63, 3.8) is 0 Å². The summed E-state index contributed by atoms with van der Waals surface area (Å²) in [5.74, 6) is 0.440. The van der Waals surface area contributed by atoms with E-state index in [1.807, 2.05) is 0 Å². The molecule has 0 saturated heterocycles. The summed E-state index contributed by atoms with van der Waals surface area (Å²) in [6.07, 6.45) is 1.84. The van der Waals surface area contributed by atoms with Gasteiger partial charge >= 0.3 is 6.09 Å². The van der Waals surface area contributed by atoms with Crippen molar-refractivity contribution in [1.82, 2.24) is 5.32 Å². The molecule has 9 heteroatoms. The molecule has 2 aliphatic rings. The largest absolute Gasteiger partial charge is 0.454 e. The molecule has 146 valence electrons. The highest BCUT2D eigenvalue weighted by atomic mass is 32.1. The first-order chi connectivity index (χ1) is 13.5. The normalized spacial score (nSPS) is 13.8. The molecule has 1 aliphatic heterocycles. The number of thiophene rings is 1. The fraction of sp³-hybridized carbons (Fsp3) is 0.316. The van der Waals surface area contributed by atoms with Crippen molar-refractivity contribution < 1.29 is 28.6 Å². The van der Waals surface area contributed by atoms with Crippen molar-refractivity contribution in [3.05, 3.63) is 39.8 Å². The first-order valence-electron chi connectivity index (χ1n) is 8.77. The molecule has 2 aromatic rings. The number of methoxy groups -OCH3 is 1. The molecule has 0 spiro atoms. The molecule has 0 radical (unpaired) electrons. The summed E-state index contributed by atoms with van der Waals surface area (Å²) < 4.78 is 15.1. The Kier molecular flexibility index (Phi) is 4.91. The fourth-order valence-electron chi connectivity index (χ4n) is 3.35. The third-order valence-electron chi connectivity index (χ3n) is 4.60. The summed E-state index contributed by atoms with van der Waals surface area (Å²) in [6, 6.07) is 5.33. The number of ether oxygens (including phenoxy) is 3. The zero-order chi connectivity index (χ0) is 19.7. The highest BCUT2D eigenvalue weighted by Crippen LogP contribution is 2.39. The Bertz CT molecular complexity index is 968. The maximum absolute atomic E-state index is 12.6. The monoisotopic (exact) mass is 402 g/mol. The van der Waals surface area contributed by atoms with Gasteiger partial charge in [-0.05, 0) is 42.5 Å². The average molecular weight is 402 g/mol. The number of benzene rings is 1. The molecule has 1 aromatic carbocycles. The highest BCUT2D eigenvalue weighted by molar-refractivity contribution is 7.17. The van der Waals surface area contributed by atoms with Crippen molar-refractivity contribution >= 4 is 34.2 Å². The van der Waals surface area contributed by atoms with Crippen LogP contribution in [-0.2, 0) is 28.8 Å². The fourth-order valence-corrected chi connectivity index (χ4v) is 4.65. The lowest BCUT2D eigenvalue weighted by Crippen LogP contribution is -2.31. The SMILES string of the molecule is COC(=O)NC(=O)c1c(NC(=O)Cc2ccc3c(c2)OCO3)sc2c1CCC2. The smallest absolute Gasteiger partial charge is 0.413 e. The summed E-state index contributed by atoms with van der Waals surface area (Å²) >= 11 is 1.38. The molecular weight excluding hydrogens is 384 g/mol. The van der Waals surface area contributed by atoms with Gasteiger partial charge in [-0.25, -0.2) is 4.79 Å². The van der Waals surface area contributed by atoms with Crippen molar-refractivity contribution in [2.45, 2.75) is 25.7 Å². The molecule has 1 aliphatic carbocycles. The van der Waals surface area contributed by atoms with Gasteiger partial charge in [0.1, 0.15) is 5.00 Å². The van der Waals surface area contributed by atoms with Crippen LogP contribution >= 0.6 is 11.3 Å². The lowest BCUT2D eigenvalue weighted by atomic mass is 10.1. The van der Waals surface area contributed by atoms with Crippen LogP contribution in [0.25, 0.3) is 0 Å². The lowest BCUT2D eigenvalue weighted by molar-refractivity contribution is -0.115. The van der Waals surface area contributed by atoms with Gasteiger partial charge < -0.3 is 19.5 Å². The predicted molar refractivity (Wildman–Crippen MR) is 101 cm³/mol. The molecule has 0 bridgehead atoms. The number of imide groups is 1. The first kappa shape index (κ1) is 18.3. The molecular formula is C19H18N2O6S. The van der Waals surface area contributed by atoms with E-state index in [9.17, 15) is 14.4 Å². The molecule has 2 N–H and O–H groups in total. The Labute approximate surface area is 164 Å². The van der Waals surface area contributed by atoms with Gasteiger partial charge in [-0.15, -0.1) is 11.3 Å². The number of carbonyl (C=O) groups excluding carboxylic acids is 3. The summed E-state index contributed by atoms with van der Waals surface area (Å²) in [7, 11) is 1.19. The van der Waals surface area contributed by atoms with E-state index < -0.39 is 12.0 Å². The molecule has 8 nitrogen and oxygen atoms in total. The van der Waals surface area contributed by atoms with E-state index in [4.69, 9.17) is 9.47 Å². The molecule has 0 saturated carbocycles. The minimum absolute atomic E-state index is 0.122. The van der Waals surface area contributed by atoms with Crippen LogP contribution in [-0.4, -0.2) is 31.8 Å². The quantitative estimate of drug-likeness (QED) is 0.815. The van der Waals surface area contributed by atoms with E-state index in [0.717, 1.165) is 35.3 Å². The maximum atomic E-state index is 12.6. The number of anilines is 1. The topological polar surface area (TPSA) is 103 Å². The van der Waals surface area contributed by atoms with Gasteiger partial charge in [0.2, 0.25) is 12.7 Å². The van der Waals surface area contributed by atoms with Gasteiger partial charge in [-0.1, -0.05) is 6.07 Å². The second-order valence-electron chi connectivity index (χ2n) is 6.42. The van der Waals surface area contributed by atoms with E-state index in [2.05, 4.69) is 15.4 Å². The second kappa shape index (κ2) is 7.51. The van der Waals surface area contributed by atoms with Crippen LogP contribution in [0.3, 0.4) is 0 Å². The molecule has 2 heterocycles. The first-order valence-corrected chi connectivity index (χ1v) is 9.59. The molecule has 0 atom stereocenters. The Morgan fingerprint density at radius 1 is 1.18 bits per heavy atom. The summed E-state index contributed by atoms with van der Waals surface area (Å²) in [4.78, 5) is 37.6. The third kappa shape index (κ3) is 3.53. The van der Waals surface area contributed by atoms with Crippen molar-refractivity contribution in [3.8, 4) is 11.5 Å². The summed E-state index contributed by atoms with van der Waals surface area (Å²) in [5.41, 5.74) is 2.01. The molecule has 3 amide bonds. The number of aryl methyl sites for hydroxylation is 1. The van der Waals surface area contributed by atoms with E-state index in [1.165, 1.54) is 18.4 Å². The molecule has 0 unspecified atom stereocenters. The zero-order valence-electron chi connectivity index (χ0n) is 15.1. The molecule has 0 fully saturated rings. The predicted octanol–water partition coefficient (Wildman–Crippen LogP) is 2.64. The van der Waals surface area contributed by atoms with Crippen molar-refractivity contribution in [2.75, 3.05) is 19.2 Å². The van der Waals surface area contributed by atoms with Gasteiger partial charge in [0.15, 0.2) is 11.5 Å². The Balaban J connectivity index is 1.52. The summed E-state index contributed by atoms with van der Waals surface area (Å²) in [5, 5.41) is 5.46. The Morgan fingerprint density at radius 2 is 2.00 bits per heavy atom. The number of fused-ring (bicyclic) bond motifs is 2. The van der Waals surface area contributed by atoms with Crippen LogP contribution in [0.2, 0.25) is 0 Å². The third-order valence-corrected chi connectivity index (χ3v) is 5.81. The van der Waals surface area contributed by atoms with E-state index in [-0.39, 0.29) is 19.1 Å². The highest BCUT2D eigenvalue weighted by Gasteiger charge is 2.28. The van der Waals surface area contributed by atoms with Crippen LogP contribution in [0, 0.1) is 0 Å². The molecule has 1 aromatic heterocycles. The van der Waals surface area contributed by atoms with Gasteiger partial charge in [-0.2, -0.15) is 0 Å². The minimum atomic E-state index is -0.833. The number of alkyl carbamates (subject to hydrolysis) is 1. The minimum Gasteiger partial charge on any atom is -0.454 e. The van der Waals surface area contributed by atoms with E-state index in [1.54, 1.807) is 18.2 Å². The zero-order valence-corrected chi connectivity index (χ0v) is 15.9. The van der Waals surface area contributed by atoms with Crippen molar-refractivity contribution in [1.29, 1.82) is 0 Å². The number of hydrogen-bond acceptors (Lipinski definition) is 7. The van der Waals surface area contributed by atoms with Crippen molar-refractivity contribution in [2.24, 2.45) is 0 Å². The average Bonchev–Trinajstić information content (AvgIpc) is 3.36. The lowest BCUT2D eigenvalue weighted by Gasteiger charge is -2.09. The van der Waals surface area contributed by atoms with E-state index in [0.29, 0.717) is 22.1 Å². The van der Waals surface area contributed by atoms with Gasteiger partial charge in [0.25, 0.3) is 5.91 Å². The number of carbonyl (C=O) groups is 3. The second-order valence-corrected chi connectivity index (χ2v) is 7.52. The number of rotatable bonds is 4. The number of hydrogen-bond donors (Lipinski definition) is 2. The maximum Gasteiger partial charge on any atom is 0.413 e.